The number of hydrogen-bond acceptors (Lipinski definition) is 4. The van der Waals surface area contributed by atoms with Gasteiger partial charge in [0.05, 0.1) is 4.92 Å². The van der Waals surface area contributed by atoms with Crippen molar-refractivity contribution in [1.82, 2.24) is 0 Å². The molecule has 15 heavy (non-hydrogen) atoms. The first kappa shape index (κ1) is 11.5. The molecule has 5 heteroatoms. The minimum Gasteiger partial charge on any atom is -0.502 e. The second-order valence-corrected chi connectivity index (χ2v) is 4.05. The predicted octanol–water partition coefficient (Wildman–Crippen LogP) is 1.54. The van der Waals surface area contributed by atoms with E-state index in [2.05, 4.69) is 0 Å². The highest BCUT2D eigenvalue weighted by Gasteiger charge is 2.23. The van der Waals surface area contributed by atoms with E-state index in [1.54, 1.807) is 6.07 Å². The van der Waals surface area contributed by atoms with Gasteiger partial charge < -0.3 is 10.8 Å². The van der Waals surface area contributed by atoms with Gasteiger partial charge in [0, 0.05) is 18.0 Å². The van der Waals surface area contributed by atoms with Gasteiger partial charge in [-0.25, -0.2) is 0 Å². The number of nitrogens with zero attached hydrogens (tertiary/aromatic N) is 1. The van der Waals surface area contributed by atoms with Crippen molar-refractivity contribution in [2.75, 3.05) is 6.54 Å². The zero-order chi connectivity index (χ0) is 11.6. The zero-order valence-electron chi connectivity index (χ0n) is 8.73. The summed E-state index contributed by atoms with van der Waals surface area (Å²) >= 11 is 0. The van der Waals surface area contributed by atoms with Crippen LogP contribution in [0.2, 0.25) is 0 Å². The van der Waals surface area contributed by atoms with E-state index in [0.29, 0.717) is 6.54 Å². The molecular weight excluding hydrogens is 196 g/mol. The van der Waals surface area contributed by atoms with Crippen LogP contribution in [0.25, 0.3) is 0 Å². The molecular formula is C10H14N2O3. The first-order valence-electron chi connectivity index (χ1n) is 4.56. The fourth-order valence-electron chi connectivity index (χ4n) is 1.21. The summed E-state index contributed by atoms with van der Waals surface area (Å²) in [7, 11) is 0. The van der Waals surface area contributed by atoms with E-state index in [1.165, 1.54) is 12.1 Å². The van der Waals surface area contributed by atoms with Gasteiger partial charge in [0.1, 0.15) is 0 Å². The molecule has 1 aromatic rings. The standard InChI is InChI=1S/C10H14N2O3/c1-10(2,6-11)7-3-4-9(13)8(5-7)12(14)15/h3-5,13H,6,11H2,1-2H3. The predicted molar refractivity (Wildman–Crippen MR) is 56.8 cm³/mol. The lowest BCUT2D eigenvalue weighted by Gasteiger charge is -2.22. The first-order valence-corrected chi connectivity index (χ1v) is 4.56. The van der Waals surface area contributed by atoms with Crippen LogP contribution >= 0.6 is 0 Å². The van der Waals surface area contributed by atoms with E-state index in [0.717, 1.165) is 5.56 Å². The molecule has 5 nitrogen and oxygen atoms in total. The van der Waals surface area contributed by atoms with Gasteiger partial charge in [-0.2, -0.15) is 0 Å². The van der Waals surface area contributed by atoms with E-state index in [-0.39, 0.29) is 16.9 Å². The van der Waals surface area contributed by atoms with Crippen LogP contribution in [0.3, 0.4) is 0 Å². The second-order valence-electron chi connectivity index (χ2n) is 4.05. The molecule has 0 radical (unpaired) electrons. The van der Waals surface area contributed by atoms with E-state index >= 15 is 0 Å². The lowest BCUT2D eigenvalue weighted by molar-refractivity contribution is -0.386. The van der Waals surface area contributed by atoms with Gasteiger partial charge in [0.2, 0.25) is 0 Å². The summed E-state index contributed by atoms with van der Waals surface area (Å²) < 4.78 is 0. The number of rotatable bonds is 3. The maximum Gasteiger partial charge on any atom is 0.310 e. The average molecular weight is 210 g/mol. The van der Waals surface area contributed by atoms with Gasteiger partial charge in [-0.3, -0.25) is 10.1 Å². The minimum absolute atomic E-state index is 0.283. The van der Waals surface area contributed by atoms with Crippen LogP contribution in [-0.4, -0.2) is 16.6 Å². The van der Waals surface area contributed by atoms with Crippen LogP contribution in [0.4, 0.5) is 5.69 Å². The number of nitro groups is 1. The molecule has 0 aromatic heterocycles. The van der Waals surface area contributed by atoms with Crippen molar-refractivity contribution in [3.05, 3.63) is 33.9 Å². The molecule has 0 bridgehead atoms. The highest BCUT2D eigenvalue weighted by atomic mass is 16.6. The molecule has 0 amide bonds. The number of hydrogen-bond donors (Lipinski definition) is 2. The summed E-state index contributed by atoms with van der Waals surface area (Å²) in [5.74, 6) is -0.323. The third-order valence-electron chi connectivity index (χ3n) is 2.46. The van der Waals surface area contributed by atoms with E-state index < -0.39 is 4.92 Å². The molecule has 0 heterocycles. The Bertz CT molecular complexity index is 388. The quantitative estimate of drug-likeness (QED) is 0.584. The number of nitrogens with two attached hydrogens (primary N) is 1. The number of nitro benzene ring substituents is 1. The van der Waals surface area contributed by atoms with Crippen LogP contribution in [-0.2, 0) is 5.41 Å². The fraction of sp³-hybridized carbons (Fsp3) is 0.400. The fourth-order valence-corrected chi connectivity index (χ4v) is 1.21. The van der Waals surface area contributed by atoms with Crippen molar-refractivity contribution in [3.8, 4) is 5.75 Å². The molecule has 0 atom stereocenters. The minimum atomic E-state index is -0.606. The van der Waals surface area contributed by atoms with Crippen molar-refractivity contribution >= 4 is 5.69 Å². The van der Waals surface area contributed by atoms with Crippen LogP contribution in [0.15, 0.2) is 18.2 Å². The normalized spacial score (nSPS) is 11.4. The lowest BCUT2D eigenvalue weighted by atomic mass is 9.84. The van der Waals surface area contributed by atoms with Crippen molar-refractivity contribution in [3.63, 3.8) is 0 Å². The van der Waals surface area contributed by atoms with E-state index in [4.69, 9.17) is 5.73 Å². The summed E-state index contributed by atoms with van der Waals surface area (Å²) in [5.41, 5.74) is 5.70. The lowest BCUT2D eigenvalue weighted by Crippen LogP contribution is -2.28. The molecule has 0 fully saturated rings. The summed E-state index contributed by atoms with van der Waals surface area (Å²) in [6.45, 7) is 4.17. The molecule has 82 valence electrons. The number of benzene rings is 1. The average Bonchev–Trinajstić information content (AvgIpc) is 2.17. The highest BCUT2D eigenvalue weighted by molar-refractivity contribution is 5.49. The Kier molecular flexibility index (Phi) is 2.95. The molecule has 0 aliphatic heterocycles. The topological polar surface area (TPSA) is 89.4 Å². The molecule has 0 spiro atoms. The number of phenols is 1. The highest BCUT2D eigenvalue weighted by Crippen LogP contribution is 2.31. The Balaban J connectivity index is 3.25. The van der Waals surface area contributed by atoms with Gasteiger partial charge in [-0.15, -0.1) is 0 Å². The molecule has 3 N–H and O–H groups in total. The maximum atomic E-state index is 10.6. The summed E-state index contributed by atoms with van der Waals surface area (Å²) in [6, 6.07) is 4.34. The molecule has 1 aromatic carbocycles. The van der Waals surface area contributed by atoms with E-state index in [9.17, 15) is 15.2 Å². The van der Waals surface area contributed by atoms with Gasteiger partial charge in [-0.05, 0) is 11.6 Å². The van der Waals surface area contributed by atoms with Crippen LogP contribution in [0.5, 0.6) is 5.75 Å². The molecule has 0 aliphatic rings. The Hall–Kier alpha value is -1.62. The van der Waals surface area contributed by atoms with Gasteiger partial charge in [0.15, 0.2) is 5.75 Å². The summed E-state index contributed by atoms with van der Waals surface area (Å²) in [5, 5.41) is 19.9. The zero-order valence-corrected chi connectivity index (χ0v) is 8.73. The smallest absolute Gasteiger partial charge is 0.310 e. The molecule has 1 rings (SSSR count). The Morgan fingerprint density at radius 2 is 2.13 bits per heavy atom. The van der Waals surface area contributed by atoms with Crippen LogP contribution < -0.4 is 5.73 Å². The van der Waals surface area contributed by atoms with Crippen LogP contribution in [0.1, 0.15) is 19.4 Å². The molecule has 0 saturated carbocycles. The van der Waals surface area contributed by atoms with Gasteiger partial charge in [0.25, 0.3) is 0 Å². The summed E-state index contributed by atoms with van der Waals surface area (Å²) in [4.78, 5) is 10.00. The number of phenolic OH excluding ortho intramolecular Hbond substituents is 1. The van der Waals surface area contributed by atoms with Crippen molar-refractivity contribution in [2.45, 2.75) is 19.3 Å². The van der Waals surface area contributed by atoms with Crippen LogP contribution in [0, 0.1) is 10.1 Å². The Morgan fingerprint density at radius 3 is 2.60 bits per heavy atom. The Morgan fingerprint density at radius 1 is 1.53 bits per heavy atom. The number of aromatic hydroxyl groups is 1. The van der Waals surface area contributed by atoms with Crippen molar-refractivity contribution < 1.29 is 10.0 Å². The third kappa shape index (κ3) is 2.24. The van der Waals surface area contributed by atoms with Gasteiger partial charge >= 0.3 is 5.69 Å². The van der Waals surface area contributed by atoms with Crippen molar-refractivity contribution in [2.24, 2.45) is 5.73 Å². The Labute approximate surface area is 87.7 Å². The van der Waals surface area contributed by atoms with E-state index in [1.807, 2.05) is 13.8 Å². The molecule has 0 aliphatic carbocycles. The van der Waals surface area contributed by atoms with Gasteiger partial charge in [-0.1, -0.05) is 19.9 Å². The molecule has 0 saturated heterocycles. The van der Waals surface area contributed by atoms with Crippen molar-refractivity contribution in [1.29, 1.82) is 0 Å². The largest absolute Gasteiger partial charge is 0.502 e. The SMILES string of the molecule is CC(C)(CN)c1ccc(O)c([N+](=O)[O-])c1. The summed E-state index contributed by atoms with van der Waals surface area (Å²) in [6.07, 6.45) is 0. The first-order chi connectivity index (χ1) is 6.88. The monoisotopic (exact) mass is 210 g/mol. The third-order valence-corrected chi connectivity index (χ3v) is 2.46. The molecule has 0 unspecified atom stereocenters. The maximum absolute atomic E-state index is 10.6. The second kappa shape index (κ2) is 3.86.